The second-order valence-electron chi connectivity index (χ2n) is 1.24. The minimum atomic E-state index is 0.750. The first kappa shape index (κ1) is 12.6. The Balaban J connectivity index is 0. The van der Waals surface area contributed by atoms with Gasteiger partial charge in [-0.2, -0.15) is 4.73 Å². The molecule has 0 aromatic carbocycles. The third-order valence-corrected chi connectivity index (χ3v) is 0.688. The third-order valence-electron chi connectivity index (χ3n) is 0.688. The average molecular weight is 155 g/mol. The molecule has 0 unspecified atom stereocenters. The molecule has 0 saturated carbocycles. The van der Waals surface area contributed by atoms with E-state index in [0.29, 0.717) is 0 Å². The predicted octanol–water partition coefficient (Wildman–Crippen LogP) is 2.37. The second kappa shape index (κ2) is 11.7. The molecule has 1 rings (SSSR count). The van der Waals surface area contributed by atoms with Crippen molar-refractivity contribution in [1.29, 1.82) is 0 Å². The van der Waals surface area contributed by atoms with E-state index in [-0.39, 0.29) is 0 Å². The fourth-order valence-corrected chi connectivity index (χ4v) is 0.383. The fraction of sp³-hybridized carbons (Fsp3) is 0.444. The summed E-state index contributed by atoms with van der Waals surface area (Å²) in [6.07, 6.45) is 2.89. The van der Waals surface area contributed by atoms with E-state index in [0.717, 1.165) is 4.73 Å². The molecule has 64 valence electrons. The molecule has 2 nitrogen and oxygen atoms in total. The molecular formula is C9H17NO. The van der Waals surface area contributed by atoms with Gasteiger partial charge in [0.15, 0.2) is 12.4 Å². The first-order chi connectivity index (χ1) is 5.39. The van der Waals surface area contributed by atoms with E-state index in [2.05, 4.69) is 0 Å². The number of nitrogens with zero attached hydrogens (tertiary/aromatic N) is 1. The molecule has 11 heavy (non-hydrogen) atoms. The van der Waals surface area contributed by atoms with E-state index in [9.17, 15) is 5.21 Å². The highest BCUT2D eigenvalue weighted by atomic mass is 16.5. The first-order valence-electron chi connectivity index (χ1n) is 4.03. The minimum Gasteiger partial charge on any atom is -0.619 e. The Labute approximate surface area is 69.1 Å². The van der Waals surface area contributed by atoms with Crippen molar-refractivity contribution in [1.82, 2.24) is 0 Å². The third kappa shape index (κ3) is 8.95. The van der Waals surface area contributed by atoms with Gasteiger partial charge < -0.3 is 5.21 Å². The smallest absolute Gasteiger partial charge is 0.180 e. The number of pyridine rings is 1. The summed E-state index contributed by atoms with van der Waals surface area (Å²) in [6.45, 7) is 8.00. The molecule has 0 spiro atoms. The van der Waals surface area contributed by atoms with Crippen molar-refractivity contribution in [3.63, 3.8) is 0 Å². The Morgan fingerprint density at radius 1 is 0.818 bits per heavy atom. The highest BCUT2D eigenvalue weighted by Crippen LogP contribution is 1.72. The largest absolute Gasteiger partial charge is 0.619 e. The van der Waals surface area contributed by atoms with Gasteiger partial charge in [-0.25, -0.2) is 0 Å². The molecule has 0 aliphatic heterocycles. The van der Waals surface area contributed by atoms with Crippen LogP contribution in [0.5, 0.6) is 0 Å². The van der Waals surface area contributed by atoms with Gasteiger partial charge in [-0.1, -0.05) is 33.8 Å². The molecule has 1 heterocycles. The van der Waals surface area contributed by atoms with Crippen molar-refractivity contribution in [3.8, 4) is 0 Å². The molecular weight excluding hydrogens is 138 g/mol. The molecule has 0 N–H and O–H groups in total. The van der Waals surface area contributed by atoms with Crippen molar-refractivity contribution in [3.05, 3.63) is 35.8 Å². The van der Waals surface area contributed by atoms with Crippen LogP contribution in [0.25, 0.3) is 0 Å². The summed E-state index contributed by atoms with van der Waals surface area (Å²) in [6, 6.07) is 5.18. The van der Waals surface area contributed by atoms with Crippen LogP contribution in [0.4, 0.5) is 0 Å². The summed E-state index contributed by atoms with van der Waals surface area (Å²) in [5, 5.41) is 10.2. The minimum absolute atomic E-state index is 0.750. The molecule has 0 amide bonds. The summed E-state index contributed by atoms with van der Waals surface area (Å²) in [7, 11) is 0. The SMILES string of the molecule is CC.CC.[O-][n+]1ccccc1. The molecule has 0 bridgehead atoms. The Hall–Kier alpha value is -1.05. The van der Waals surface area contributed by atoms with Crippen LogP contribution in [-0.4, -0.2) is 0 Å². The van der Waals surface area contributed by atoms with Gasteiger partial charge in [0.25, 0.3) is 0 Å². The molecule has 1 aromatic rings. The summed E-state index contributed by atoms with van der Waals surface area (Å²) in [5.74, 6) is 0. The lowest BCUT2D eigenvalue weighted by Crippen LogP contribution is -2.22. The molecule has 0 aliphatic carbocycles. The molecule has 0 radical (unpaired) electrons. The fourth-order valence-electron chi connectivity index (χ4n) is 0.383. The number of rotatable bonds is 0. The zero-order valence-electron chi connectivity index (χ0n) is 7.74. The van der Waals surface area contributed by atoms with Gasteiger partial charge >= 0.3 is 0 Å². The van der Waals surface area contributed by atoms with Crippen molar-refractivity contribution < 1.29 is 4.73 Å². The van der Waals surface area contributed by atoms with E-state index in [1.54, 1.807) is 18.2 Å². The molecule has 0 atom stereocenters. The Kier molecular flexibility index (Phi) is 13.4. The van der Waals surface area contributed by atoms with Crippen molar-refractivity contribution in [2.45, 2.75) is 27.7 Å². The maximum Gasteiger partial charge on any atom is 0.180 e. The van der Waals surface area contributed by atoms with Crippen molar-refractivity contribution >= 4 is 0 Å². The van der Waals surface area contributed by atoms with Crippen molar-refractivity contribution in [2.75, 3.05) is 0 Å². The second-order valence-corrected chi connectivity index (χ2v) is 1.24. The first-order valence-corrected chi connectivity index (χ1v) is 4.03. The highest BCUT2D eigenvalue weighted by molar-refractivity contribution is 4.83. The predicted molar refractivity (Wildman–Crippen MR) is 48.1 cm³/mol. The maximum atomic E-state index is 10.2. The van der Waals surface area contributed by atoms with Gasteiger partial charge in [0.1, 0.15) is 0 Å². The summed E-state index contributed by atoms with van der Waals surface area (Å²) in [5.41, 5.74) is 0. The van der Waals surface area contributed by atoms with Gasteiger partial charge in [-0.3, -0.25) is 0 Å². The molecule has 0 aliphatic rings. The zero-order chi connectivity index (χ0) is 9.11. The average Bonchev–Trinajstić information content (AvgIpc) is 2.13. The summed E-state index contributed by atoms with van der Waals surface area (Å²) < 4.78 is 0.750. The standard InChI is InChI=1S/C5H5NO.2C2H6/c7-6-4-2-1-3-5-6;2*1-2/h1-5H;2*1-2H3. The van der Waals surface area contributed by atoms with Crippen LogP contribution in [0.2, 0.25) is 0 Å². The van der Waals surface area contributed by atoms with Crippen LogP contribution in [-0.2, 0) is 0 Å². The summed E-state index contributed by atoms with van der Waals surface area (Å²) in [4.78, 5) is 0. The highest BCUT2D eigenvalue weighted by Gasteiger charge is 1.74. The van der Waals surface area contributed by atoms with Crippen LogP contribution in [0.1, 0.15) is 27.7 Å². The normalized spacial score (nSPS) is 6.55. The van der Waals surface area contributed by atoms with Gasteiger partial charge in [0.05, 0.1) is 0 Å². The van der Waals surface area contributed by atoms with Gasteiger partial charge in [-0.15, -0.1) is 0 Å². The van der Waals surface area contributed by atoms with Crippen LogP contribution in [0.15, 0.2) is 30.6 Å². The van der Waals surface area contributed by atoms with Crippen LogP contribution < -0.4 is 4.73 Å². The van der Waals surface area contributed by atoms with E-state index < -0.39 is 0 Å². The van der Waals surface area contributed by atoms with Gasteiger partial charge in [0, 0.05) is 12.1 Å². The van der Waals surface area contributed by atoms with E-state index in [4.69, 9.17) is 0 Å². The Bertz CT molecular complexity index is 139. The lowest BCUT2D eigenvalue weighted by atomic mass is 10.5. The lowest BCUT2D eigenvalue weighted by molar-refractivity contribution is -0.605. The topological polar surface area (TPSA) is 26.9 Å². The monoisotopic (exact) mass is 155 g/mol. The van der Waals surface area contributed by atoms with Gasteiger partial charge in [0.2, 0.25) is 0 Å². The van der Waals surface area contributed by atoms with E-state index in [1.807, 2.05) is 27.7 Å². The molecule has 2 heteroatoms. The van der Waals surface area contributed by atoms with Gasteiger partial charge in [-0.05, 0) is 0 Å². The molecule has 1 aromatic heterocycles. The lowest BCUT2D eigenvalue weighted by Gasteiger charge is -1.88. The van der Waals surface area contributed by atoms with Crippen LogP contribution >= 0.6 is 0 Å². The summed E-state index contributed by atoms with van der Waals surface area (Å²) >= 11 is 0. The van der Waals surface area contributed by atoms with Crippen LogP contribution in [0.3, 0.4) is 0 Å². The quantitative estimate of drug-likeness (QED) is 0.417. The Morgan fingerprint density at radius 3 is 1.36 bits per heavy atom. The number of hydrogen-bond acceptors (Lipinski definition) is 1. The number of aromatic nitrogens is 1. The maximum absolute atomic E-state index is 10.2. The Morgan fingerprint density at radius 2 is 1.18 bits per heavy atom. The number of hydrogen-bond donors (Lipinski definition) is 0. The van der Waals surface area contributed by atoms with Crippen molar-refractivity contribution in [2.24, 2.45) is 0 Å². The zero-order valence-corrected chi connectivity index (χ0v) is 7.74. The molecule has 0 fully saturated rings. The van der Waals surface area contributed by atoms with E-state index in [1.165, 1.54) is 12.4 Å². The molecule has 0 saturated heterocycles. The van der Waals surface area contributed by atoms with E-state index >= 15 is 0 Å². The van der Waals surface area contributed by atoms with Crippen LogP contribution in [0, 0.1) is 5.21 Å².